The number of benzene rings is 1. The van der Waals surface area contributed by atoms with E-state index >= 15 is 0 Å². The van der Waals surface area contributed by atoms with E-state index in [2.05, 4.69) is 15.0 Å². The Balaban J connectivity index is 1.28. The van der Waals surface area contributed by atoms with Crippen LogP contribution < -0.4 is 9.47 Å². The third-order valence-electron chi connectivity index (χ3n) is 5.08. The van der Waals surface area contributed by atoms with E-state index in [1.807, 2.05) is 40.6 Å². The van der Waals surface area contributed by atoms with Crippen molar-refractivity contribution in [1.29, 1.82) is 0 Å². The van der Waals surface area contributed by atoms with Gasteiger partial charge in [0.2, 0.25) is 17.6 Å². The molecule has 8 nitrogen and oxygen atoms in total. The van der Waals surface area contributed by atoms with Gasteiger partial charge in [-0.05, 0) is 35.2 Å². The second-order valence-corrected chi connectivity index (χ2v) is 7.99. The van der Waals surface area contributed by atoms with Crippen LogP contribution >= 0.6 is 11.3 Å². The largest absolute Gasteiger partial charge is 0.493 e. The van der Waals surface area contributed by atoms with Crippen LogP contribution in [0.2, 0.25) is 0 Å². The fourth-order valence-electron chi connectivity index (χ4n) is 3.37. The Bertz CT molecular complexity index is 1040. The molecular formula is C22H24N4O4S. The van der Waals surface area contributed by atoms with Gasteiger partial charge in [0, 0.05) is 32.3 Å². The minimum atomic E-state index is -0.00722. The van der Waals surface area contributed by atoms with Gasteiger partial charge in [0.1, 0.15) is 0 Å². The Morgan fingerprint density at radius 2 is 1.97 bits per heavy atom. The van der Waals surface area contributed by atoms with Crippen LogP contribution in [0.1, 0.15) is 11.5 Å². The molecule has 0 aliphatic carbocycles. The summed E-state index contributed by atoms with van der Waals surface area (Å²) >= 11 is 1.58. The number of amides is 1. The number of thiophene rings is 1. The molecule has 31 heavy (non-hydrogen) atoms. The Labute approximate surface area is 184 Å². The van der Waals surface area contributed by atoms with Crippen molar-refractivity contribution < 1.29 is 18.8 Å². The molecule has 1 fully saturated rings. The van der Waals surface area contributed by atoms with Crippen LogP contribution in [-0.2, 0) is 11.3 Å². The summed E-state index contributed by atoms with van der Waals surface area (Å²) in [7, 11) is 3.19. The standard InChI is InChI=1S/C22H24N4O4S/c1-28-17-7-5-16(14-18(17)29-2)6-8-21(27)26-11-9-25(10-12-26)15-20-23-22(24-30-20)19-4-3-13-31-19/h3-8,13-14H,9-12,15H2,1-2H3/b8-6+. The fraction of sp³-hybridized carbons (Fsp3) is 0.318. The molecule has 1 aliphatic heterocycles. The Morgan fingerprint density at radius 1 is 1.16 bits per heavy atom. The van der Waals surface area contributed by atoms with Gasteiger partial charge in [0.05, 0.1) is 25.6 Å². The van der Waals surface area contributed by atoms with Gasteiger partial charge in [-0.1, -0.05) is 17.3 Å². The van der Waals surface area contributed by atoms with Crippen LogP contribution in [0.5, 0.6) is 11.5 Å². The zero-order chi connectivity index (χ0) is 21.6. The van der Waals surface area contributed by atoms with E-state index in [0.717, 1.165) is 23.5 Å². The summed E-state index contributed by atoms with van der Waals surface area (Å²) in [6.45, 7) is 3.41. The zero-order valence-electron chi connectivity index (χ0n) is 17.5. The van der Waals surface area contributed by atoms with Crippen molar-refractivity contribution in [1.82, 2.24) is 19.9 Å². The molecular weight excluding hydrogens is 416 g/mol. The summed E-state index contributed by atoms with van der Waals surface area (Å²) in [6.07, 6.45) is 3.39. The van der Waals surface area contributed by atoms with Crippen LogP contribution in [-0.4, -0.2) is 66.2 Å². The third-order valence-corrected chi connectivity index (χ3v) is 5.94. The predicted octanol–water partition coefficient (Wildman–Crippen LogP) is 3.17. The molecule has 1 amide bonds. The summed E-state index contributed by atoms with van der Waals surface area (Å²) in [5.41, 5.74) is 0.877. The molecule has 0 saturated carbocycles. The molecule has 9 heteroatoms. The van der Waals surface area contributed by atoms with Crippen LogP contribution in [0, 0.1) is 0 Å². The van der Waals surface area contributed by atoms with Crippen molar-refractivity contribution >= 4 is 23.3 Å². The highest BCUT2D eigenvalue weighted by atomic mass is 32.1. The van der Waals surface area contributed by atoms with Crippen LogP contribution in [0.15, 0.2) is 46.3 Å². The maximum absolute atomic E-state index is 12.6. The molecule has 0 N–H and O–H groups in total. The SMILES string of the molecule is COc1ccc(/C=C/C(=O)N2CCN(Cc3nc(-c4cccs4)no3)CC2)cc1OC. The monoisotopic (exact) mass is 440 g/mol. The number of ether oxygens (including phenoxy) is 2. The van der Waals surface area contributed by atoms with E-state index in [1.165, 1.54) is 0 Å². The van der Waals surface area contributed by atoms with Gasteiger partial charge in [-0.2, -0.15) is 4.98 Å². The number of methoxy groups -OCH3 is 2. The third kappa shape index (κ3) is 5.12. The first-order valence-corrected chi connectivity index (χ1v) is 10.8. The second-order valence-electron chi connectivity index (χ2n) is 7.04. The van der Waals surface area contributed by atoms with Crippen LogP contribution in [0.4, 0.5) is 0 Å². The fourth-order valence-corrected chi connectivity index (χ4v) is 4.02. The summed E-state index contributed by atoms with van der Waals surface area (Å²) in [5.74, 6) is 2.50. The zero-order valence-corrected chi connectivity index (χ0v) is 18.3. The number of carbonyl (C=O) groups is 1. The second kappa shape index (κ2) is 9.76. The first-order chi connectivity index (χ1) is 15.2. The summed E-state index contributed by atoms with van der Waals surface area (Å²) in [4.78, 5) is 22.1. The topological polar surface area (TPSA) is 80.9 Å². The van der Waals surface area contributed by atoms with Gasteiger partial charge in [-0.3, -0.25) is 9.69 Å². The molecule has 2 aromatic heterocycles. The van der Waals surface area contributed by atoms with Gasteiger partial charge in [-0.15, -0.1) is 11.3 Å². The smallest absolute Gasteiger partial charge is 0.246 e. The molecule has 1 saturated heterocycles. The highest BCUT2D eigenvalue weighted by Crippen LogP contribution is 2.28. The van der Waals surface area contributed by atoms with Gasteiger partial charge in [-0.25, -0.2) is 0 Å². The lowest BCUT2D eigenvalue weighted by Gasteiger charge is -2.33. The Kier molecular flexibility index (Phi) is 6.63. The maximum atomic E-state index is 12.6. The minimum absolute atomic E-state index is 0.00722. The molecule has 1 aromatic carbocycles. The van der Waals surface area contributed by atoms with Crippen molar-refractivity contribution in [3.8, 4) is 22.2 Å². The predicted molar refractivity (Wildman–Crippen MR) is 118 cm³/mol. The molecule has 4 rings (SSSR count). The highest BCUT2D eigenvalue weighted by Gasteiger charge is 2.21. The number of hydrogen-bond acceptors (Lipinski definition) is 8. The van der Waals surface area contributed by atoms with Crippen molar-refractivity contribution in [2.45, 2.75) is 6.54 Å². The van der Waals surface area contributed by atoms with E-state index < -0.39 is 0 Å². The number of carbonyl (C=O) groups excluding carboxylic acids is 1. The highest BCUT2D eigenvalue weighted by molar-refractivity contribution is 7.13. The van der Waals surface area contributed by atoms with E-state index in [9.17, 15) is 4.79 Å². The molecule has 0 radical (unpaired) electrons. The number of piperazine rings is 1. The Hall–Kier alpha value is -3.17. The van der Waals surface area contributed by atoms with Gasteiger partial charge >= 0.3 is 0 Å². The lowest BCUT2D eigenvalue weighted by Crippen LogP contribution is -2.47. The van der Waals surface area contributed by atoms with Crippen molar-refractivity contribution in [3.63, 3.8) is 0 Å². The quantitative estimate of drug-likeness (QED) is 0.522. The Morgan fingerprint density at radius 3 is 2.68 bits per heavy atom. The molecule has 3 aromatic rings. The first kappa shape index (κ1) is 21.1. The maximum Gasteiger partial charge on any atom is 0.246 e. The van der Waals surface area contributed by atoms with Crippen molar-refractivity contribution in [2.75, 3.05) is 40.4 Å². The summed E-state index contributed by atoms with van der Waals surface area (Å²) < 4.78 is 15.9. The lowest BCUT2D eigenvalue weighted by atomic mass is 10.2. The molecule has 0 spiro atoms. The van der Waals surface area contributed by atoms with E-state index in [4.69, 9.17) is 14.0 Å². The van der Waals surface area contributed by atoms with E-state index in [-0.39, 0.29) is 5.91 Å². The molecule has 3 heterocycles. The van der Waals surface area contributed by atoms with Gasteiger partial charge in [0.25, 0.3) is 0 Å². The molecule has 1 aliphatic rings. The summed E-state index contributed by atoms with van der Waals surface area (Å²) in [5, 5.41) is 6.04. The van der Waals surface area contributed by atoms with Gasteiger partial charge < -0.3 is 18.9 Å². The average molecular weight is 441 g/mol. The minimum Gasteiger partial charge on any atom is -0.493 e. The van der Waals surface area contributed by atoms with Crippen LogP contribution in [0.25, 0.3) is 16.8 Å². The lowest BCUT2D eigenvalue weighted by molar-refractivity contribution is -0.127. The normalized spacial score (nSPS) is 14.8. The summed E-state index contributed by atoms with van der Waals surface area (Å²) in [6, 6.07) is 9.49. The average Bonchev–Trinajstić information content (AvgIpc) is 3.50. The number of rotatable bonds is 7. The number of aromatic nitrogens is 2. The first-order valence-electron chi connectivity index (χ1n) is 9.94. The van der Waals surface area contributed by atoms with Crippen LogP contribution in [0.3, 0.4) is 0 Å². The van der Waals surface area contributed by atoms with Crippen molar-refractivity contribution in [2.24, 2.45) is 0 Å². The molecule has 0 atom stereocenters. The molecule has 162 valence electrons. The van der Waals surface area contributed by atoms with Gasteiger partial charge in [0.15, 0.2) is 11.5 Å². The molecule has 0 unspecified atom stereocenters. The van der Waals surface area contributed by atoms with Crippen molar-refractivity contribution in [3.05, 3.63) is 53.2 Å². The van der Waals surface area contributed by atoms with E-state index in [0.29, 0.717) is 42.8 Å². The number of nitrogens with zero attached hydrogens (tertiary/aromatic N) is 4. The number of hydrogen-bond donors (Lipinski definition) is 0. The molecule has 0 bridgehead atoms. The van der Waals surface area contributed by atoms with E-state index in [1.54, 1.807) is 37.7 Å².